The molecule has 1 saturated heterocycles. The summed E-state index contributed by atoms with van der Waals surface area (Å²) in [6.45, 7) is 1.61. The van der Waals surface area contributed by atoms with Gasteiger partial charge in [0.05, 0.1) is 11.2 Å². The van der Waals surface area contributed by atoms with Crippen molar-refractivity contribution in [3.05, 3.63) is 94.9 Å². The molecule has 0 spiro atoms. The van der Waals surface area contributed by atoms with Crippen LogP contribution >= 0.6 is 0 Å². The number of aromatic amines is 1. The highest BCUT2D eigenvalue weighted by Gasteiger charge is 2.20. The van der Waals surface area contributed by atoms with Gasteiger partial charge in [-0.1, -0.05) is 36.4 Å². The van der Waals surface area contributed by atoms with E-state index in [9.17, 15) is 9.59 Å². The zero-order valence-corrected chi connectivity index (χ0v) is 19.2. The Labute approximate surface area is 202 Å². The highest BCUT2D eigenvalue weighted by atomic mass is 16.2. The van der Waals surface area contributed by atoms with Gasteiger partial charge >= 0.3 is 0 Å². The molecule has 172 valence electrons. The van der Waals surface area contributed by atoms with Crippen molar-refractivity contribution >= 4 is 27.6 Å². The van der Waals surface area contributed by atoms with Crippen molar-refractivity contribution in [2.75, 3.05) is 13.1 Å². The summed E-state index contributed by atoms with van der Waals surface area (Å²) in [5.74, 6) is 0.610. The number of fused-ring (bicyclic) bond motifs is 2. The fourth-order valence-electron chi connectivity index (χ4n) is 4.82. The predicted molar refractivity (Wildman–Crippen MR) is 138 cm³/mol. The number of aromatic nitrogens is 3. The van der Waals surface area contributed by atoms with Crippen LogP contribution in [0.4, 0.5) is 0 Å². The third-order valence-corrected chi connectivity index (χ3v) is 6.67. The van der Waals surface area contributed by atoms with Gasteiger partial charge in [-0.05, 0) is 61.0 Å². The van der Waals surface area contributed by atoms with Crippen LogP contribution in [0, 0.1) is 0 Å². The number of benzene rings is 3. The van der Waals surface area contributed by atoms with E-state index in [1.807, 2.05) is 71.6 Å². The standard InChI is InChI=1S/C29H24N4O2/c34-28-23-11-9-21(17-20(23)13-14-30-28)27-31-25-18-22(29(35)33-15-5-2-6-16-33)10-12-24(25)26(32-27)19-7-3-1-4-8-19/h1,3-4,7-14,17-18H,2,5-6,15-16H2,(H,30,34). The van der Waals surface area contributed by atoms with Gasteiger partial charge in [-0.3, -0.25) is 9.59 Å². The van der Waals surface area contributed by atoms with E-state index in [-0.39, 0.29) is 11.5 Å². The minimum atomic E-state index is -0.126. The zero-order chi connectivity index (χ0) is 23.8. The molecule has 0 atom stereocenters. The lowest BCUT2D eigenvalue weighted by atomic mass is 10.0. The SMILES string of the molecule is O=C(c1ccc2c(-c3ccccc3)nc(-c3ccc4c(=O)[nH]ccc4c3)nc2c1)N1CCCCC1. The molecule has 3 aromatic carbocycles. The number of amides is 1. The number of H-pyrrole nitrogens is 1. The average molecular weight is 461 g/mol. The summed E-state index contributed by atoms with van der Waals surface area (Å²) in [5.41, 5.74) is 3.85. The summed E-state index contributed by atoms with van der Waals surface area (Å²) in [5, 5.41) is 2.34. The summed E-state index contributed by atoms with van der Waals surface area (Å²) >= 11 is 0. The summed E-state index contributed by atoms with van der Waals surface area (Å²) < 4.78 is 0. The number of carbonyl (C=O) groups is 1. The van der Waals surface area contributed by atoms with Crippen LogP contribution in [0.25, 0.3) is 44.3 Å². The Hall–Kier alpha value is -4.32. The van der Waals surface area contributed by atoms with Gasteiger partial charge in [0.1, 0.15) is 0 Å². The minimum absolute atomic E-state index is 0.0537. The molecular weight excluding hydrogens is 436 g/mol. The highest BCUT2D eigenvalue weighted by molar-refractivity contribution is 6.01. The molecule has 0 aliphatic carbocycles. The Morgan fingerprint density at radius 1 is 0.800 bits per heavy atom. The van der Waals surface area contributed by atoms with E-state index >= 15 is 0 Å². The average Bonchev–Trinajstić information content (AvgIpc) is 2.92. The van der Waals surface area contributed by atoms with Crippen molar-refractivity contribution < 1.29 is 4.79 Å². The quantitative estimate of drug-likeness (QED) is 0.389. The van der Waals surface area contributed by atoms with Crippen LogP contribution in [-0.4, -0.2) is 38.8 Å². The molecule has 1 aliphatic heterocycles. The third-order valence-electron chi connectivity index (χ3n) is 6.67. The predicted octanol–water partition coefficient (Wildman–Crippen LogP) is 5.43. The molecule has 6 rings (SSSR count). The second-order valence-corrected chi connectivity index (χ2v) is 8.96. The lowest BCUT2D eigenvalue weighted by Crippen LogP contribution is -2.35. The van der Waals surface area contributed by atoms with Crippen LogP contribution in [-0.2, 0) is 0 Å². The molecule has 3 heterocycles. The van der Waals surface area contributed by atoms with Crippen molar-refractivity contribution in [2.45, 2.75) is 19.3 Å². The smallest absolute Gasteiger partial charge is 0.255 e. The van der Waals surface area contributed by atoms with Crippen molar-refractivity contribution in [3.8, 4) is 22.6 Å². The molecule has 35 heavy (non-hydrogen) atoms. The van der Waals surface area contributed by atoms with Crippen LogP contribution in [0.1, 0.15) is 29.6 Å². The van der Waals surface area contributed by atoms with Gasteiger partial charge < -0.3 is 9.88 Å². The van der Waals surface area contributed by atoms with E-state index < -0.39 is 0 Å². The molecule has 0 unspecified atom stereocenters. The van der Waals surface area contributed by atoms with Gasteiger partial charge in [0.25, 0.3) is 11.5 Å². The van der Waals surface area contributed by atoms with E-state index in [0.717, 1.165) is 59.0 Å². The van der Waals surface area contributed by atoms with E-state index in [1.165, 1.54) is 6.42 Å². The lowest BCUT2D eigenvalue weighted by molar-refractivity contribution is 0.0724. The first-order valence-corrected chi connectivity index (χ1v) is 12.0. The molecule has 6 nitrogen and oxygen atoms in total. The maximum Gasteiger partial charge on any atom is 0.255 e. The van der Waals surface area contributed by atoms with Crippen molar-refractivity contribution in [1.82, 2.24) is 19.9 Å². The first kappa shape index (κ1) is 21.2. The van der Waals surface area contributed by atoms with Gasteiger partial charge in [0.2, 0.25) is 0 Å². The van der Waals surface area contributed by atoms with Gasteiger partial charge in [-0.25, -0.2) is 9.97 Å². The largest absolute Gasteiger partial charge is 0.339 e. The van der Waals surface area contributed by atoms with Crippen LogP contribution in [0.5, 0.6) is 0 Å². The first-order chi connectivity index (χ1) is 17.2. The van der Waals surface area contributed by atoms with Gasteiger partial charge in [0.15, 0.2) is 5.82 Å². The molecule has 1 N–H and O–H groups in total. The second kappa shape index (κ2) is 8.80. The third kappa shape index (κ3) is 3.97. The maximum atomic E-state index is 13.2. The Kier molecular flexibility index (Phi) is 5.34. The number of carbonyl (C=O) groups excluding carboxylic acids is 1. The molecular formula is C29H24N4O2. The lowest BCUT2D eigenvalue weighted by Gasteiger charge is -2.26. The number of pyridine rings is 1. The van der Waals surface area contributed by atoms with Gasteiger partial charge in [0, 0.05) is 46.7 Å². The Balaban J connectivity index is 1.53. The molecule has 5 aromatic rings. The Morgan fingerprint density at radius 3 is 2.43 bits per heavy atom. The minimum Gasteiger partial charge on any atom is -0.339 e. The van der Waals surface area contributed by atoms with Crippen LogP contribution < -0.4 is 5.56 Å². The molecule has 0 saturated carbocycles. The number of piperidine rings is 1. The summed E-state index contributed by atoms with van der Waals surface area (Å²) in [7, 11) is 0. The number of hydrogen-bond acceptors (Lipinski definition) is 4. The molecule has 0 bridgehead atoms. The summed E-state index contributed by atoms with van der Waals surface area (Å²) in [6, 6.07) is 23.2. The van der Waals surface area contributed by atoms with E-state index in [2.05, 4.69) is 4.98 Å². The zero-order valence-electron chi connectivity index (χ0n) is 19.2. The first-order valence-electron chi connectivity index (χ1n) is 12.0. The van der Waals surface area contributed by atoms with E-state index in [4.69, 9.17) is 9.97 Å². The number of nitrogens with one attached hydrogen (secondary N) is 1. The Morgan fingerprint density at radius 2 is 1.60 bits per heavy atom. The normalized spacial score (nSPS) is 13.9. The Bertz CT molecular complexity index is 1620. The highest BCUT2D eigenvalue weighted by Crippen LogP contribution is 2.31. The van der Waals surface area contributed by atoms with Crippen LogP contribution in [0.3, 0.4) is 0 Å². The fourth-order valence-corrected chi connectivity index (χ4v) is 4.82. The van der Waals surface area contributed by atoms with Crippen molar-refractivity contribution in [3.63, 3.8) is 0 Å². The molecule has 1 fully saturated rings. The molecule has 1 amide bonds. The summed E-state index contributed by atoms with van der Waals surface area (Å²) in [4.78, 5) is 39.8. The van der Waals surface area contributed by atoms with Gasteiger partial charge in [-0.2, -0.15) is 0 Å². The number of likely N-dealkylation sites (tertiary alicyclic amines) is 1. The molecule has 0 radical (unpaired) electrons. The maximum absolute atomic E-state index is 13.2. The van der Waals surface area contributed by atoms with Crippen molar-refractivity contribution in [2.24, 2.45) is 0 Å². The van der Waals surface area contributed by atoms with Crippen molar-refractivity contribution in [1.29, 1.82) is 0 Å². The number of hydrogen-bond donors (Lipinski definition) is 1. The molecule has 1 aliphatic rings. The second-order valence-electron chi connectivity index (χ2n) is 8.96. The van der Waals surface area contributed by atoms with E-state index in [0.29, 0.717) is 16.8 Å². The fraction of sp³-hybridized carbons (Fsp3) is 0.172. The van der Waals surface area contributed by atoms with Crippen LogP contribution in [0.15, 0.2) is 83.8 Å². The molecule has 2 aromatic heterocycles. The number of rotatable bonds is 3. The van der Waals surface area contributed by atoms with Gasteiger partial charge in [-0.15, -0.1) is 0 Å². The van der Waals surface area contributed by atoms with Crippen LogP contribution in [0.2, 0.25) is 0 Å². The number of nitrogens with zero attached hydrogens (tertiary/aromatic N) is 3. The monoisotopic (exact) mass is 460 g/mol. The van der Waals surface area contributed by atoms with E-state index in [1.54, 1.807) is 12.3 Å². The summed E-state index contributed by atoms with van der Waals surface area (Å²) in [6.07, 6.45) is 4.92. The molecule has 6 heteroatoms. The topological polar surface area (TPSA) is 79.0 Å².